The number of halogens is 1. The molecule has 0 aliphatic carbocycles. The Kier molecular flexibility index (Phi) is 3.70. The summed E-state index contributed by atoms with van der Waals surface area (Å²) in [5.41, 5.74) is -2.04. The summed E-state index contributed by atoms with van der Waals surface area (Å²) >= 11 is 0. The van der Waals surface area contributed by atoms with Crippen LogP contribution in [-0.4, -0.2) is 37.5 Å². The highest BCUT2D eigenvalue weighted by molar-refractivity contribution is 6.15. The van der Waals surface area contributed by atoms with Gasteiger partial charge in [0, 0.05) is 23.2 Å². The van der Waals surface area contributed by atoms with Crippen molar-refractivity contribution >= 4 is 17.6 Å². The van der Waals surface area contributed by atoms with Gasteiger partial charge in [-0.15, -0.1) is 0 Å². The van der Waals surface area contributed by atoms with Crippen molar-refractivity contribution in [2.75, 3.05) is 25.6 Å². The summed E-state index contributed by atoms with van der Waals surface area (Å²) in [4.78, 5) is 35.9. The van der Waals surface area contributed by atoms with E-state index >= 15 is 0 Å². The molecule has 1 heterocycles. The van der Waals surface area contributed by atoms with E-state index in [4.69, 9.17) is 0 Å². The minimum atomic E-state index is -1.97. The molecule has 1 aromatic carbocycles. The van der Waals surface area contributed by atoms with Crippen LogP contribution in [0, 0.1) is 15.9 Å². The molecule has 0 unspecified atom stereocenters. The molecular weight excluding hydrogens is 295 g/mol. The Morgan fingerprint density at radius 1 is 1.55 bits per heavy atom. The Morgan fingerprint density at radius 2 is 2.18 bits per heavy atom. The van der Waals surface area contributed by atoms with Crippen molar-refractivity contribution in [3.63, 3.8) is 0 Å². The number of likely N-dealkylation sites (N-methyl/N-ethyl adjacent to an activating group) is 1. The number of rotatable bonds is 4. The summed E-state index contributed by atoms with van der Waals surface area (Å²) in [6.45, 7) is 2.58. The Balaban J connectivity index is 2.76. The fourth-order valence-electron chi connectivity index (χ4n) is 2.68. The maximum absolute atomic E-state index is 13.6. The minimum Gasteiger partial charge on any atom is -0.466 e. The molecule has 1 aliphatic rings. The highest BCUT2D eigenvalue weighted by Crippen LogP contribution is 2.46. The average molecular weight is 308 g/mol. The lowest BCUT2D eigenvalue weighted by Gasteiger charge is -2.24. The molecule has 0 spiro atoms. The monoisotopic (exact) mass is 308 g/mol. The lowest BCUT2D eigenvalue weighted by Crippen LogP contribution is -2.47. The van der Waals surface area contributed by atoms with Crippen molar-refractivity contribution in [3.8, 4) is 0 Å². The van der Waals surface area contributed by atoms with E-state index in [0.29, 0.717) is 5.69 Å². The van der Waals surface area contributed by atoms with Crippen molar-refractivity contribution in [1.29, 1.82) is 0 Å². The summed E-state index contributed by atoms with van der Waals surface area (Å²) in [5.74, 6) is -2.35. The quantitative estimate of drug-likeness (QED) is 0.359. The number of carbonyl (C=O) groups is 2. The van der Waals surface area contributed by atoms with Crippen LogP contribution in [0.3, 0.4) is 0 Å². The number of carbonyl (C=O) groups excluding carboxylic acids is 2. The van der Waals surface area contributed by atoms with Gasteiger partial charge in [-0.25, -0.2) is 9.18 Å². The molecule has 0 fully saturated rings. The predicted octanol–water partition coefficient (Wildman–Crippen LogP) is 1.05. The lowest BCUT2D eigenvalue weighted by molar-refractivity contribution is -0.486. The molecule has 1 amide bonds. The SMILES string of the molecule is C=C(C(=O)OC)[C@]1(C[N+](=O)[O-])C(=O)N(C)c2ccc(F)cc21. The largest absolute Gasteiger partial charge is 0.466 e. The number of ether oxygens (including phenoxy) is 1. The molecule has 22 heavy (non-hydrogen) atoms. The fourth-order valence-corrected chi connectivity index (χ4v) is 2.68. The van der Waals surface area contributed by atoms with Crippen LogP contribution in [0.4, 0.5) is 10.1 Å². The van der Waals surface area contributed by atoms with Gasteiger partial charge in [-0.2, -0.15) is 0 Å². The van der Waals surface area contributed by atoms with Crippen LogP contribution in [0.5, 0.6) is 0 Å². The maximum atomic E-state index is 13.6. The van der Waals surface area contributed by atoms with E-state index in [9.17, 15) is 24.1 Å². The number of nitro groups is 1. The van der Waals surface area contributed by atoms with Crippen molar-refractivity contribution in [2.24, 2.45) is 0 Å². The van der Waals surface area contributed by atoms with E-state index in [-0.39, 0.29) is 5.56 Å². The number of anilines is 1. The van der Waals surface area contributed by atoms with Gasteiger partial charge in [0.05, 0.1) is 12.7 Å². The van der Waals surface area contributed by atoms with Gasteiger partial charge in [-0.05, 0) is 18.2 Å². The zero-order chi connectivity index (χ0) is 16.7. The molecule has 0 radical (unpaired) electrons. The standard InChI is InChI=1S/C14H13FN2O5/c1-8(12(18)22-3)14(7-17(20)21)10-6-9(15)4-5-11(10)16(2)13(14)19/h4-6H,1,7H2,2-3H3/t14-/m0/s1. The number of hydrogen-bond acceptors (Lipinski definition) is 5. The van der Waals surface area contributed by atoms with Crippen LogP contribution < -0.4 is 4.90 Å². The van der Waals surface area contributed by atoms with Gasteiger partial charge in [-0.3, -0.25) is 14.9 Å². The van der Waals surface area contributed by atoms with Crippen LogP contribution >= 0.6 is 0 Å². The van der Waals surface area contributed by atoms with Gasteiger partial charge in [0.25, 0.3) is 0 Å². The number of esters is 1. The first kappa shape index (κ1) is 15.6. The molecule has 0 saturated carbocycles. The van der Waals surface area contributed by atoms with Crippen molar-refractivity contribution in [1.82, 2.24) is 0 Å². The Hall–Kier alpha value is -2.77. The molecule has 0 N–H and O–H groups in total. The second-order valence-electron chi connectivity index (χ2n) is 4.89. The molecule has 116 valence electrons. The Labute approximate surface area is 125 Å². The molecule has 2 rings (SSSR count). The van der Waals surface area contributed by atoms with Crippen LogP contribution in [0.15, 0.2) is 30.4 Å². The van der Waals surface area contributed by atoms with Gasteiger partial charge < -0.3 is 9.64 Å². The third-order valence-corrected chi connectivity index (χ3v) is 3.76. The van der Waals surface area contributed by atoms with Crippen molar-refractivity contribution in [3.05, 3.63) is 51.8 Å². The molecular formula is C14H13FN2O5. The summed E-state index contributed by atoms with van der Waals surface area (Å²) in [5, 5.41) is 11.1. The number of fused-ring (bicyclic) bond motifs is 1. The first-order valence-corrected chi connectivity index (χ1v) is 6.23. The van der Waals surface area contributed by atoms with Gasteiger partial charge >= 0.3 is 5.97 Å². The second-order valence-corrected chi connectivity index (χ2v) is 4.89. The van der Waals surface area contributed by atoms with E-state index in [1.165, 1.54) is 13.1 Å². The maximum Gasteiger partial charge on any atom is 0.334 e. The lowest BCUT2D eigenvalue weighted by atomic mass is 9.75. The van der Waals surface area contributed by atoms with E-state index < -0.39 is 40.1 Å². The van der Waals surface area contributed by atoms with Gasteiger partial charge in [0.1, 0.15) is 5.82 Å². The van der Waals surface area contributed by atoms with E-state index in [1.807, 2.05) is 0 Å². The molecule has 7 nitrogen and oxygen atoms in total. The predicted molar refractivity (Wildman–Crippen MR) is 74.5 cm³/mol. The van der Waals surface area contributed by atoms with Gasteiger partial charge in [0.2, 0.25) is 12.5 Å². The molecule has 0 bridgehead atoms. The molecule has 1 aromatic rings. The van der Waals surface area contributed by atoms with Crippen molar-refractivity contribution < 1.29 is 23.6 Å². The smallest absolute Gasteiger partial charge is 0.334 e. The van der Waals surface area contributed by atoms with Crippen LogP contribution in [0.25, 0.3) is 0 Å². The average Bonchev–Trinajstić information content (AvgIpc) is 2.67. The van der Waals surface area contributed by atoms with Gasteiger partial charge in [0.15, 0.2) is 5.41 Å². The van der Waals surface area contributed by atoms with Crippen molar-refractivity contribution in [2.45, 2.75) is 5.41 Å². The molecule has 8 heteroatoms. The number of hydrogen-bond donors (Lipinski definition) is 0. The topological polar surface area (TPSA) is 89.7 Å². The summed E-state index contributed by atoms with van der Waals surface area (Å²) < 4.78 is 18.1. The zero-order valence-corrected chi connectivity index (χ0v) is 12.0. The zero-order valence-electron chi connectivity index (χ0n) is 12.0. The van der Waals surface area contributed by atoms with Crippen LogP contribution in [0.2, 0.25) is 0 Å². The number of benzene rings is 1. The van der Waals surface area contributed by atoms with Gasteiger partial charge in [-0.1, -0.05) is 6.58 Å². The molecule has 0 saturated heterocycles. The first-order chi connectivity index (χ1) is 10.3. The molecule has 0 aromatic heterocycles. The number of nitrogens with zero attached hydrogens (tertiary/aromatic N) is 2. The summed E-state index contributed by atoms with van der Waals surface area (Å²) in [6, 6.07) is 3.47. The van der Waals surface area contributed by atoms with E-state index in [1.54, 1.807) is 0 Å². The van der Waals surface area contributed by atoms with E-state index in [0.717, 1.165) is 24.1 Å². The van der Waals surface area contributed by atoms with E-state index in [2.05, 4.69) is 11.3 Å². The third kappa shape index (κ3) is 2.03. The third-order valence-electron chi connectivity index (χ3n) is 3.76. The fraction of sp³-hybridized carbons (Fsp3) is 0.286. The Bertz CT molecular complexity index is 702. The molecule has 1 aliphatic heterocycles. The Morgan fingerprint density at radius 3 is 2.73 bits per heavy atom. The number of amides is 1. The highest BCUT2D eigenvalue weighted by Gasteiger charge is 2.57. The first-order valence-electron chi connectivity index (χ1n) is 6.23. The second kappa shape index (κ2) is 5.21. The normalized spacial score (nSPS) is 19.8. The summed E-state index contributed by atoms with van der Waals surface area (Å²) in [6.07, 6.45) is 0. The van der Waals surface area contributed by atoms with Crippen LogP contribution in [-0.2, 0) is 19.7 Å². The highest BCUT2D eigenvalue weighted by atomic mass is 19.1. The summed E-state index contributed by atoms with van der Waals surface area (Å²) in [7, 11) is 2.47. The minimum absolute atomic E-state index is 0.0344. The van der Waals surface area contributed by atoms with Crippen LogP contribution in [0.1, 0.15) is 5.56 Å². The number of methoxy groups -OCH3 is 1. The molecule has 1 atom stereocenters.